The minimum atomic E-state index is -4.43. The van der Waals surface area contributed by atoms with Crippen molar-refractivity contribution >= 4 is 37.5 Å². The highest BCUT2D eigenvalue weighted by atomic mass is 32.2. The lowest BCUT2D eigenvalue weighted by Gasteiger charge is -2.07. The van der Waals surface area contributed by atoms with Gasteiger partial charge in [0.2, 0.25) is 10.0 Å². The monoisotopic (exact) mass is 402 g/mol. The lowest BCUT2D eigenvalue weighted by atomic mass is 10.2. The highest BCUT2D eigenvalue weighted by Crippen LogP contribution is 2.31. The maximum Gasteiger partial charge on any atom is 0.416 e. The van der Waals surface area contributed by atoms with E-state index >= 15 is 0 Å². The van der Waals surface area contributed by atoms with Gasteiger partial charge in [-0.1, -0.05) is 0 Å². The molecule has 0 amide bonds. The summed E-state index contributed by atoms with van der Waals surface area (Å²) in [6.07, 6.45) is 0.844. The molecule has 6 nitrogen and oxygen atoms in total. The number of nitrogens with two attached hydrogens (primary N) is 1. The first-order chi connectivity index (χ1) is 12.1. The van der Waals surface area contributed by atoms with Crippen LogP contribution in [0.5, 0.6) is 0 Å². The third-order valence-electron chi connectivity index (χ3n) is 3.53. The van der Waals surface area contributed by atoms with Crippen molar-refractivity contribution in [2.24, 2.45) is 9.50 Å². The van der Waals surface area contributed by atoms with Crippen LogP contribution in [0.25, 0.3) is 10.9 Å². The van der Waals surface area contributed by atoms with Gasteiger partial charge in [0.15, 0.2) is 0 Å². The van der Waals surface area contributed by atoms with Gasteiger partial charge < -0.3 is 0 Å². The fourth-order valence-corrected chi connectivity index (χ4v) is 4.00. The van der Waals surface area contributed by atoms with E-state index in [1.54, 1.807) is 0 Å². The molecule has 0 fully saturated rings. The molecular formula is C15H13F3N4O2S2. The summed E-state index contributed by atoms with van der Waals surface area (Å²) < 4.78 is 67.1. The Kier molecular flexibility index (Phi) is 4.63. The Hall–Kier alpha value is -2.24. The standard InChI is InChI=1S/C15H13F3N4O2S2/c1-26(23,24)22-9-13(12-8-20-7-6-14(12)22)21-25(19)11-4-2-10(3-5-11)15(16,17)18/h2-9H,1H3,(H2,19,21). The second kappa shape index (κ2) is 6.49. The van der Waals surface area contributed by atoms with Crippen molar-refractivity contribution in [3.8, 4) is 0 Å². The molecule has 0 aliphatic heterocycles. The number of alkyl halides is 3. The largest absolute Gasteiger partial charge is 0.416 e. The van der Waals surface area contributed by atoms with E-state index in [1.165, 1.54) is 36.8 Å². The maximum atomic E-state index is 12.6. The van der Waals surface area contributed by atoms with Crippen molar-refractivity contribution in [1.29, 1.82) is 0 Å². The average Bonchev–Trinajstić information content (AvgIpc) is 2.93. The molecule has 2 aromatic heterocycles. The molecule has 0 spiro atoms. The van der Waals surface area contributed by atoms with E-state index in [2.05, 4.69) is 9.35 Å². The molecule has 0 radical (unpaired) electrons. The molecule has 0 saturated carbocycles. The molecule has 26 heavy (non-hydrogen) atoms. The first-order valence-electron chi connectivity index (χ1n) is 7.11. The summed E-state index contributed by atoms with van der Waals surface area (Å²) in [5.41, 5.74) is -0.0916. The van der Waals surface area contributed by atoms with Gasteiger partial charge in [-0.2, -0.15) is 13.2 Å². The number of nitrogens with zero attached hydrogens (tertiary/aromatic N) is 3. The van der Waals surface area contributed by atoms with Crippen LogP contribution >= 0.6 is 0 Å². The maximum absolute atomic E-state index is 12.6. The predicted molar refractivity (Wildman–Crippen MR) is 93.3 cm³/mol. The molecule has 1 unspecified atom stereocenters. The number of hydrogen-bond acceptors (Lipinski definition) is 4. The van der Waals surface area contributed by atoms with E-state index < -0.39 is 32.6 Å². The molecule has 0 aliphatic carbocycles. The molecule has 2 N–H and O–H groups in total. The lowest BCUT2D eigenvalue weighted by molar-refractivity contribution is -0.137. The topological polar surface area (TPSA) is 90.3 Å². The quantitative estimate of drug-likeness (QED) is 0.728. The van der Waals surface area contributed by atoms with Crippen LogP contribution in [0.4, 0.5) is 18.9 Å². The van der Waals surface area contributed by atoms with Gasteiger partial charge in [-0.3, -0.25) is 10.1 Å². The van der Waals surface area contributed by atoms with E-state index in [9.17, 15) is 21.6 Å². The second-order valence-electron chi connectivity index (χ2n) is 5.39. The number of halogens is 3. The van der Waals surface area contributed by atoms with Gasteiger partial charge in [-0.05, 0) is 30.3 Å². The van der Waals surface area contributed by atoms with Crippen molar-refractivity contribution in [3.63, 3.8) is 0 Å². The number of fused-ring (bicyclic) bond motifs is 1. The molecule has 0 bridgehead atoms. The molecule has 3 rings (SSSR count). The van der Waals surface area contributed by atoms with E-state index in [4.69, 9.17) is 5.14 Å². The summed E-state index contributed by atoms with van der Waals surface area (Å²) in [7, 11) is -4.83. The molecule has 11 heteroatoms. The van der Waals surface area contributed by atoms with E-state index in [-0.39, 0.29) is 0 Å². The van der Waals surface area contributed by atoms with Crippen LogP contribution in [0.3, 0.4) is 0 Å². The lowest BCUT2D eigenvalue weighted by Crippen LogP contribution is -2.08. The van der Waals surface area contributed by atoms with E-state index in [0.717, 1.165) is 22.4 Å². The molecule has 2 heterocycles. The fourth-order valence-electron chi connectivity index (χ4n) is 2.32. The summed E-state index contributed by atoms with van der Waals surface area (Å²) in [5.74, 6) is 0. The molecule has 138 valence electrons. The summed E-state index contributed by atoms with van der Waals surface area (Å²) in [6, 6.07) is 5.90. The zero-order valence-electron chi connectivity index (χ0n) is 13.3. The number of benzene rings is 1. The number of pyridine rings is 1. The van der Waals surface area contributed by atoms with E-state index in [1.807, 2.05) is 0 Å². The smallest absolute Gasteiger partial charge is 0.265 e. The van der Waals surface area contributed by atoms with Crippen LogP contribution in [0.15, 0.2) is 58.2 Å². The van der Waals surface area contributed by atoms with Crippen molar-refractivity contribution in [1.82, 2.24) is 8.96 Å². The van der Waals surface area contributed by atoms with Gasteiger partial charge in [0, 0.05) is 39.7 Å². The molecule has 3 aromatic rings. The minimum absolute atomic E-state index is 0.296. The highest BCUT2D eigenvalue weighted by molar-refractivity contribution is 7.89. The van der Waals surface area contributed by atoms with Crippen LogP contribution in [0.2, 0.25) is 0 Å². The fraction of sp³-hybridized carbons (Fsp3) is 0.133. The summed E-state index contributed by atoms with van der Waals surface area (Å²) in [5, 5.41) is 6.48. The SMILES string of the molecule is CS(=O)(=O)n1cc(N=S(N)c2ccc(C(F)(F)F)cc2)c2cnccc21. The molecule has 0 aliphatic rings. The van der Waals surface area contributed by atoms with Crippen molar-refractivity contribution < 1.29 is 21.6 Å². The summed E-state index contributed by atoms with van der Waals surface area (Å²) >= 11 is 0. The molecule has 0 saturated heterocycles. The van der Waals surface area contributed by atoms with Gasteiger partial charge >= 0.3 is 6.18 Å². The third kappa shape index (κ3) is 3.64. The Bertz CT molecular complexity index is 1100. The highest BCUT2D eigenvalue weighted by Gasteiger charge is 2.30. The van der Waals surface area contributed by atoms with Crippen LogP contribution < -0.4 is 5.14 Å². The zero-order valence-corrected chi connectivity index (χ0v) is 14.9. The van der Waals surface area contributed by atoms with Crippen LogP contribution in [0, 0.1) is 0 Å². The van der Waals surface area contributed by atoms with Crippen molar-refractivity contribution in [3.05, 3.63) is 54.5 Å². The van der Waals surface area contributed by atoms with Gasteiger partial charge in [0.1, 0.15) is 5.69 Å². The normalized spacial score (nSPS) is 14.0. The van der Waals surface area contributed by atoms with E-state index in [0.29, 0.717) is 21.5 Å². The predicted octanol–water partition coefficient (Wildman–Crippen LogP) is 3.23. The molecular weight excluding hydrogens is 389 g/mol. The average molecular weight is 402 g/mol. The summed E-state index contributed by atoms with van der Waals surface area (Å²) in [4.78, 5) is 4.35. The Morgan fingerprint density at radius 3 is 2.42 bits per heavy atom. The minimum Gasteiger partial charge on any atom is -0.265 e. The van der Waals surface area contributed by atoms with Crippen molar-refractivity contribution in [2.45, 2.75) is 11.1 Å². The third-order valence-corrected chi connectivity index (χ3v) is 5.69. The second-order valence-corrected chi connectivity index (χ2v) is 8.54. The van der Waals surface area contributed by atoms with Crippen LogP contribution in [-0.4, -0.2) is 23.6 Å². The van der Waals surface area contributed by atoms with Gasteiger partial charge in [-0.15, -0.1) is 0 Å². The van der Waals surface area contributed by atoms with Crippen LogP contribution in [0.1, 0.15) is 5.56 Å². The number of hydrogen-bond donors (Lipinski definition) is 1. The Labute approximate surface area is 149 Å². The Morgan fingerprint density at radius 2 is 1.85 bits per heavy atom. The summed E-state index contributed by atoms with van der Waals surface area (Å²) in [6.45, 7) is 0. The van der Waals surface area contributed by atoms with Crippen molar-refractivity contribution in [2.75, 3.05) is 6.26 Å². The van der Waals surface area contributed by atoms with Gasteiger partial charge in [-0.25, -0.2) is 16.8 Å². The van der Waals surface area contributed by atoms with Gasteiger partial charge in [0.05, 0.1) is 17.3 Å². The molecule has 1 atom stereocenters. The molecule has 1 aromatic carbocycles. The first-order valence-corrected chi connectivity index (χ1v) is 10.2. The number of rotatable bonds is 3. The Morgan fingerprint density at radius 1 is 1.19 bits per heavy atom. The first kappa shape index (κ1) is 18.5. The van der Waals surface area contributed by atoms with Crippen LogP contribution in [-0.2, 0) is 27.1 Å². The van der Waals surface area contributed by atoms with Gasteiger partial charge in [0.25, 0.3) is 0 Å². The number of aromatic nitrogens is 2. The zero-order chi connectivity index (χ0) is 19.1. The Balaban J connectivity index is 2.07.